The standard InChI is InChI=1S/C16H32N4/c1-13-9-17(3)10-14(2)19(13)7-8-20-15-5-6-16(20)12-18(4)11-15/h13-16H,5-12H2,1-4H3/t13-,14+,15?,16?. The van der Waals surface area contributed by atoms with Gasteiger partial charge < -0.3 is 9.80 Å². The second-order valence-electron chi connectivity index (χ2n) is 7.50. The lowest BCUT2D eigenvalue weighted by atomic mass is 10.1. The van der Waals surface area contributed by atoms with Crippen LogP contribution in [0.3, 0.4) is 0 Å². The Balaban J connectivity index is 1.54. The first kappa shape index (κ1) is 14.8. The third kappa shape index (κ3) is 2.89. The summed E-state index contributed by atoms with van der Waals surface area (Å²) in [5.41, 5.74) is 0. The molecule has 3 aliphatic rings. The van der Waals surface area contributed by atoms with Gasteiger partial charge in [0.1, 0.15) is 0 Å². The van der Waals surface area contributed by atoms with Crippen LogP contribution >= 0.6 is 0 Å². The van der Waals surface area contributed by atoms with Gasteiger partial charge in [-0.25, -0.2) is 0 Å². The summed E-state index contributed by atoms with van der Waals surface area (Å²) in [6, 6.07) is 3.07. The van der Waals surface area contributed by atoms with E-state index in [2.05, 4.69) is 47.5 Å². The highest BCUT2D eigenvalue weighted by Crippen LogP contribution is 2.29. The van der Waals surface area contributed by atoms with Crippen LogP contribution < -0.4 is 0 Å². The average Bonchev–Trinajstić information content (AvgIpc) is 2.60. The maximum Gasteiger partial charge on any atom is 0.0227 e. The molecule has 4 heteroatoms. The smallest absolute Gasteiger partial charge is 0.0227 e. The molecule has 3 heterocycles. The third-order valence-corrected chi connectivity index (χ3v) is 5.72. The minimum Gasteiger partial charge on any atom is -0.303 e. The van der Waals surface area contributed by atoms with Crippen molar-refractivity contribution >= 4 is 0 Å². The van der Waals surface area contributed by atoms with Crippen LogP contribution in [0.1, 0.15) is 26.7 Å². The van der Waals surface area contributed by atoms with E-state index in [4.69, 9.17) is 0 Å². The van der Waals surface area contributed by atoms with Crippen molar-refractivity contribution in [2.75, 3.05) is 53.4 Å². The molecule has 0 saturated carbocycles. The Morgan fingerprint density at radius 1 is 0.700 bits per heavy atom. The molecule has 0 spiro atoms. The maximum absolute atomic E-state index is 2.82. The Bertz CT molecular complexity index is 306. The predicted octanol–water partition coefficient (Wildman–Crippen LogP) is 0.789. The number of hydrogen-bond donors (Lipinski definition) is 0. The summed E-state index contributed by atoms with van der Waals surface area (Å²) in [4.78, 5) is 10.6. The van der Waals surface area contributed by atoms with E-state index >= 15 is 0 Å². The van der Waals surface area contributed by atoms with Gasteiger partial charge >= 0.3 is 0 Å². The summed E-state index contributed by atoms with van der Waals surface area (Å²) < 4.78 is 0. The summed E-state index contributed by atoms with van der Waals surface area (Å²) in [5.74, 6) is 0. The molecule has 0 N–H and O–H groups in total. The van der Waals surface area contributed by atoms with Crippen LogP contribution in [-0.2, 0) is 0 Å². The quantitative estimate of drug-likeness (QED) is 0.758. The molecule has 0 aromatic rings. The van der Waals surface area contributed by atoms with Crippen molar-refractivity contribution in [2.24, 2.45) is 0 Å². The van der Waals surface area contributed by atoms with E-state index in [1.165, 1.54) is 52.1 Å². The molecule has 0 radical (unpaired) electrons. The van der Waals surface area contributed by atoms with Gasteiger partial charge in [-0.15, -0.1) is 0 Å². The van der Waals surface area contributed by atoms with Crippen molar-refractivity contribution in [2.45, 2.75) is 50.9 Å². The molecule has 0 amide bonds. The second-order valence-corrected chi connectivity index (χ2v) is 7.50. The Hall–Kier alpha value is -0.160. The van der Waals surface area contributed by atoms with E-state index in [-0.39, 0.29) is 0 Å². The van der Waals surface area contributed by atoms with E-state index in [0.29, 0.717) is 12.1 Å². The molecule has 3 aliphatic heterocycles. The number of hydrogen-bond acceptors (Lipinski definition) is 4. The molecule has 4 nitrogen and oxygen atoms in total. The van der Waals surface area contributed by atoms with Gasteiger partial charge in [-0.1, -0.05) is 0 Å². The number of nitrogens with zero attached hydrogens (tertiary/aromatic N) is 4. The Kier molecular flexibility index (Phi) is 4.37. The van der Waals surface area contributed by atoms with Gasteiger partial charge in [0.25, 0.3) is 0 Å². The van der Waals surface area contributed by atoms with Crippen LogP contribution in [0.4, 0.5) is 0 Å². The van der Waals surface area contributed by atoms with E-state index in [0.717, 1.165) is 12.1 Å². The molecule has 4 atom stereocenters. The monoisotopic (exact) mass is 280 g/mol. The zero-order chi connectivity index (χ0) is 14.3. The lowest BCUT2D eigenvalue weighted by Crippen LogP contribution is -2.59. The van der Waals surface area contributed by atoms with Crippen LogP contribution in [0.5, 0.6) is 0 Å². The summed E-state index contributed by atoms with van der Waals surface area (Å²) in [6.45, 7) is 12.3. The molecule has 0 aromatic carbocycles. The molecule has 0 aliphatic carbocycles. The fourth-order valence-corrected chi connectivity index (χ4v) is 4.86. The summed E-state index contributed by atoms with van der Waals surface area (Å²) in [5, 5.41) is 0. The third-order valence-electron chi connectivity index (χ3n) is 5.72. The largest absolute Gasteiger partial charge is 0.303 e. The molecule has 116 valence electrons. The number of likely N-dealkylation sites (N-methyl/N-ethyl adjacent to an activating group) is 2. The summed E-state index contributed by atoms with van der Waals surface area (Å²) in [6.07, 6.45) is 2.84. The van der Waals surface area contributed by atoms with Crippen LogP contribution in [0.25, 0.3) is 0 Å². The highest BCUT2D eigenvalue weighted by molar-refractivity contribution is 4.95. The Morgan fingerprint density at radius 3 is 1.70 bits per heavy atom. The van der Waals surface area contributed by atoms with Crippen molar-refractivity contribution in [1.29, 1.82) is 0 Å². The maximum atomic E-state index is 2.82. The van der Waals surface area contributed by atoms with Gasteiger partial charge in [-0.05, 0) is 40.8 Å². The fraction of sp³-hybridized carbons (Fsp3) is 1.00. The predicted molar refractivity (Wildman–Crippen MR) is 84.1 cm³/mol. The van der Waals surface area contributed by atoms with Gasteiger partial charge in [-0.3, -0.25) is 9.80 Å². The average molecular weight is 280 g/mol. The molecule has 3 saturated heterocycles. The first-order valence-electron chi connectivity index (χ1n) is 8.43. The topological polar surface area (TPSA) is 13.0 Å². The molecule has 2 bridgehead atoms. The Labute approximate surface area is 124 Å². The van der Waals surface area contributed by atoms with Crippen molar-refractivity contribution < 1.29 is 0 Å². The SMILES string of the molecule is C[C@@H]1CN(C)C[C@H](C)N1CCN1C2CCC1CN(C)C2. The van der Waals surface area contributed by atoms with Crippen molar-refractivity contribution in [3.63, 3.8) is 0 Å². The minimum absolute atomic E-state index is 0.703. The van der Waals surface area contributed by atoms with Crippen molar-refractivity contribution in [3.05, 3.63) is 0 Å². The lowest BCUT2D eigenvalue weighted by Gasteiger charge is -2.45. The molecular formula is C16H32N4. The van der Waals surface area contributed by atoms with Crippen molar-refractivity contribution in [3.8, 4) is 0 Å². The van der Waals surface area contributed by atoms with Crippen molar-refractivity contribution in [1.82, 2.24) is 19.6 Å². The molecular weight excluding hydrogens is 248 g/mol. The van der Waals surface area contributed by atoms with E-state index in [9.17, 15) is 0 Å². The molecule has 3 fully saturated rings. The number of likely N-dealkylation sites (tertiary alicyclic amines) is 1. The van der Waals surface area contributed by atoms with E-state index in [1.54, 1.807) is 0 Å². The zero-order valence-corrected chi connectivity index (χ0v) is 13.8. The molecule has 20 heavy (non-hydrogen) atoms. The van der Waals surface area contributed by atoms with Gasteiger partial charge in [0.05, 0.1) is 0 Å². The molecule has 3 rings (SSSR count). The van der Waals surface area contributed by atoms with Gasteiger partial charge in [-0.2, -0.15) is 0 Å². The van der Waals surface area contributed by atoms with Gasteiger partial charge in [0.2, 0.25) is 0 Å². The first-order chi connectivity index (χ1) is 9.54. The normalized spacial score (nSPS) is 41.4. The summed E-state index contributed by atoms with van der Waals surface area (Å²) >= 11 is 0. The molecule has 2 unspecified atom stereocenters. The first-order valence-corrected chi connectivity index (χ1v) is 8.43. The highest BCUT2D eigenvalue weighted by atomic mass is 15.3. The van der Waals surface area contributed by atoms with Crippen LogP contribution in [0, 0.1) is 0 Å². The van der Waals surface area contributed by atoms with E-state index in [1.807, 2.05) is 0 Å². The van der Waals surface area contributed by atoms with Gasteiger partial charge in [0, 0.05) is 63.4 Å². The second kappa shape index (κ2) is 5.91. The van der Waals surface area contributed by atoms with Gasteiger partial charge in [0.15, 0.2) is 0 Å². The minimum atomic E-state index is 0.703. The lowest BCUT2D eigenvalue weighted by molar-refractivity contribution is 0.0235. The summed E-state index contributed by atoms with van der Waals surface area (Å²) in [7, 11) is 4.54. The van der Waals surface area contributed by atoms with Crippen LogP contribution in [0.15, 0.2) is 0 Å². The number of piperazine rings is 2. The van der Waals surface area contributed by atoms with E-state index < -0.39 is 0 Å². The van der Waals surface area contributed by atoms with Crippen LogP contribution in [-0.4, -0.2) is 97.1 Å². The highest BCUT2D eigenvalue weighted by Gasteiger charge is 2.39. The number of fused-ring (bicyclic) bond motifs is 2. The number of rotatable bonds is 3. The van der Waals surface area contributed by atoms with Crippen LogP contribution in [0.2, 0.25) is 0 Å². The fourth-order valence-electron chi connectivity index (χ4n) is 4.86. The Morgan fingerprint density at radius 2 is 1.15 bits per heavy atom. The molecule has 0 aromatic heterocycles. The zero-order valence-electron chi connectivity index (χ0n) is 13.8.